The van der Waals surface area contributed by atoms with E-state index in [1.807, 2.05) is 12.1 Å². The number of piperidine rings is 1. The second-order valence-corrected chi connectivity index (χ2v) is 8.01. The van der Waals surface area contributed by atoms with Gasteiger partial charge in [-0.05, 0) is 62.1 Å². The van der Waals surface area contributed by atoms with E-state index in [1.165, 1.54) is 5.56 Å². The van der Waals surface area contributed by atoms with Gasteiger partial charge in [0.1, 0.15) is 0 Å². The molecule has 4 nitrogen and oxygen atoms in total. The Morgan fingerprint density at radius 3 is 2.68 bits per heavy atom. The zero-order valence-electron chi connectivity index (χ0n) is 14.8. The van der Waals surface area contributed by atoms with Crippen LogP contribution in [0.4, 0.5) is 0 Å². The molecule has 1 saturated carbocycles. The summed E-state index contributed by atoms with van der Waals surface area (Å²) in [6.07, 6.45) is 6.59. The molecular formula is C20H27ClN2O2. The van der Waals surface area contributed by atoms with E-state index in [9.17, 15) is 9.59 Å². The van der Waals surface area contributed by atoms with Gasteiger partial charge in [0, 0.05) is 31.1 Å². The van der Waals surface area contributed by atoms with E-state index in [2.05, 4.69) is 17.4 Å². The minimum Gasteiger partial charge on any atom is -0.353 e. The third-order valence-corrected chi connectivity index (χ3v) is 5.84. The van der Waals surface area contributed by atoms with Gasteiger partial charge in [-0.3, -0.25) is 9.59 Å². The van der Waals surface area contributed by atoms with E-state index in [1.54, 1.807) is 11.9 Å². The molecule has 5 heteroatoms. The second kappa shape index (κ2) is 8.22. The monoisotopic (exact) mass is 362 g/mol. The zero-order valence-corrected chi connectivity index (χ0v) is 15.6. The Kier molecular flexibility index (Phi) is 6.00. The number of carbonyl (C=O) groups is 2. The topological polar surface area (TPSA) is 49.4 Å². The van der Waals surface area contributed by atoms with Crippen LogP contribution >= 0.6 is 11.6 Å². The lowest BCUT2D eigenvalue weighted by Gasteiger charge is -2.33. The molecule has 2 aliphatic rings. The molecule has 0 radical (unpaired) electrons. The molecule has 0 bridgehead atoms. The van der Waals surface area contributed by atoms with E-state index in [4.69, 9.17) is 11.6 Å². The molecule has 1 saturated heterocycles. The second-order valence-electron chi connectivity index (χ2n) is 7.57. The largest absolute Gasteiger partial charge is 0.353 e. The molecule has 25 heavy (non-hydrogen) atoms. The molecular weight excluding hydrogens is 336 g/mol. The number of halogens is 1. The van der Waals surface area contributed by atoms with Crippen molar-refractivity contribution in [3.8, 4) is 0 Å². The molecule has 1 aromatic rings. The van der Waals surface area contributed by atoms with Crippen LogP contribution in [-0.2, 0) is 16.0 Å². The lowest BCUT2D eigenvalue weighted by molar-refractivity contribution is -0.137. The molecule has 2 fully saturated rings. The molecule has 2 amide bonds. The summed E-state index contributed by atoms with van der Waals surface area (Å²) in [5, 5.41) is 4.02. The highest BCUT2D eigenvalue weighted by Crippen LogP contribution is 2.28. The van der Waals surface area contributed by atoms with Gasteiger partial charge in [-0.25, -0.2) is 0 Å². The van der Waals surface area contributed by atoms with Gasteiger partial charge in [0.15, 0.2) is 0 Å². The molecule has 1 atom stereocenters. The molecule has 0 spiro atoms. The van der Waals surface area contributed by atoms with Gasteiger partial charge >= 0.3 is 0 Å². The van der Waals surface area contributed by atoms with Gasteiger partial charge in [0.25, 0.3) is 0 Å². The SMILES string of the molecule is CN1CC(C(=O)N[C@H]2CC[C@@H](Cc3cccc(Cl)c3)CC2)CCC1=O. The lowest BCUT2D eigenvalue weighted by Crippen LogP contribution is -2.47. The first kappa shape index (κ1) is 18.2. The molecule has 136 valence electrons. The number of hydrogen-bond acceptors (Lipinski definition) is 2. The third-order valence-electron chi connectivity index (χ3n) is 5.60. The van der Waals surface area contributed by atoms with Crippen molar-refractivity contribution in [3.05, 3.63) is 34.9 Å². The predicted molar refractivity (Wildman–Crippen MR) is 99.4 cm³/mol. The molecule has 1 aliphatic heterocycles. The lowest BCUT2D eigenvalue weighted by atomic mass is 9.82. The summed E-state index contributed by atoms with van der Waals surface area (Å²) >= 11 is 6.06. The maximum Gasteiger partial charge on any atom is 0.225 e. The van der Waals surface area contributed by atoms with Crippen LogP contribution in [-0.4, -0.2) is 36.3 Å². The highest BCUT2D eigenvalue weighted by atomic mass is 35.5. The highest BCUT2D eigenvalue weighted by Gasteiger charge is 2.30. The molecule has 1 heterocycles. The maximum absolute atomic E-state index is 12.5. The van der Waals surface area contributed by atoms with Crippen molar-refractivity contribution in [1.29, 1.82) is 0 Å². The summed E-state index contributed by atoms with van der Waals surface area (Å²) in [7, 11) is 1.78. The van der Waals surface area contributed by atoms with Crippen molar-refractivity contribution < 1.29 is 9.59 Å². The van der Waals surface area contributed by atoms with E-state index >= 15 is 0 Å². The Morgan fingerprint density at radius 2 is 2.00 bits per heavy atom. The quantitative estimate of drug-likeness (QED) is 0.892. The normalized spacial score (nSPS) is 27.2. The number of likely N-dealkylation sites (tertiary alicyclic amines) is 1. The number of amides is 2. The van der Waals surface area contributed by atoms with Crippen LogP contribution in [0.5, 0.6) is 0 Å². The minimum atomic E-state index is -0.0492. The van der Waals surface area contributed by atoms with Gasteiger partial charge in [-0.15, -0.1) is 0 Å². The Hall–Kier alpha value is -1.55. The van der Waals surface area contributed by atoms with Gasteiger partial charge in [-0.2, -0.15) is 0 Å². The van der Waals surface area contributed by atoms with Crippen molar-refractivity contribution >= 4 is 23.4 Å². The number of nitrogens with zero attached hydrogens (tertiary/aromatic N) is 1. The average Bonchev–Trinajstić information content (AvgIpc) is 2.59. The van der Waals surface area contributed by atoms with Crippen LogP contribution < -0.4 is 5.32 Å². The van der Waals surface area contributed by atoms with E-state index in [0.717, 1.165) is 37.1 Å². The van der Waals surface area contributed by atoms with E-state index < -0.39 is 0 Å². The Morgan fingerprint density at radius 1 is 1.24 bits per heavy atom. The number of carbonyl (C=O) groups excluding carboxylic acids is 2. The van der Waals surface area contributed by atoms with Crippen LogP contribution in [0.15, 0.2) is 24.3 Å². The summed E-state index contributed by atoms with van der Waals surface area (Å²) in [6.45, 7) is 0.550. The summed E-state index contributed by atoms with van der Waals surface area (Å²) in [5.74, 6) is 0.889. The third kappa shape index (κ3) is 4.97. The van der Waals surface area contributed by atoms with Crippen molar-refractivity contribution in [2.45, 2.75) is 51.0 Å². The summed E-state index contributed by atoms with van der Waals surface area (Å²) in [6, 6.07) is 8.39. The van der Waals surface area contributed by atoms with Crippen LogP contribution in [0.25, 0.3) is 0 Å². The van der Waals surface area contributed by atoms with Crippen molar-refractivity contribution in [2.24, 2.45) is 11.8 Å². The fourth-order valence-corrected chi connectivity index (χ4v) is 4.27. The fraction of sp³-hybridized carbons (Fsp3) is 0.600. The molecule has 1 N–H and O–H groups in total. The number of nitrogens with one attached hydrogen (secondary N) is 1. The van der Waals surface area contributed by atoms with Crippen molar-refractivity contribution in [1.82, 2.24) is 10.2 Å². The highest BCUT2D eigenvalue weighted by molar-refractivity contribution is 6.30. The summed E-state index contributed by atoms with van der Waals surface area (Å²) in [5.41, 5.74) is 1.30. The van der Waals surface area contributed by atoms with E-state index in [0.29, 0.717) is 25.3 Å². The Labute approximate surface area is 154 Å². The zero-order chi connectivity index (χ0) is 17.8. The van der Waals surface area contributed by atoms with E-state index in [-0.39, 0.29) is 23.8 Å². The maximum atomic E-state index is 12.5. The van der Waals surface area contributed by atoms with Crippen LogP contribution in [0.3, 0.4) is 0 Å². The predicted octanol–water partition coefficient (Wildman–Crippen LogP) is 3.43. The molecule has 3 rings (SSSR count). The fourth-order valence-electron chi connectivity index (χ4n) is 4.05. The first-order valence-electron chi connectivity index (χ1n) is 9.30. The van der Waals surface area contributed by atoms with Crippen LogP contribution in [0, 0.1) is 11.8 Å². The van der Waals surface area contributed by atoms with Gasteiger partial charge in [0.2, 0.25) is 11.8 Å². The summed E-state index contributed by atoms with van der Waals surface area (Å²) in [4.78, 5) is 25.7. The van der Waals surface area contributed by atoms with Gasteiger partial charge in [0.05, 0.1) is 5.92 Å². The smallest absolute Gasteiger partial charge is 0.225 e. The molecule has 1 unspecified atom stereocenters. The number of rotatable bonds is 4. The Bertz CT molecular complexity index is 626. The standard InChI is InChI=1S/C20H27ClN2O2/c1-23-13-16(7-10-19(23)24)20(25)22-18-8-5-14(6-9-18)11-15-3-2-4-17(21)12-15/h2-4,12,14,16,18H,5-11,13H2,1H3,(H,22,25)/t14-,16?,18+. The van der Waals surface area contributed by atoms with Gasteiger partial charge in [-0.1, -0.05) is 23.7 Å². The first-order chi connectivity index (χ1) is 12.0. The number of hydrogen-bond donors (Lipinski definition) is 1. The van der Waals surface area contributed by atoms with Gasteiger partial charge < -0.3 is 10.2 Å². The molecule has 0 aromatic heterocycles. The minimum absolute atomic E-state index is 0.0492. The Balaban J connectivity index is 1.43. The van der Waals surface area contributed by atoms with Crippen molar-refractivity contribution in [2.75, 3.05) is 13.6 Å². The van der Waals surface area contributed by atoms with Crippen LogP contribution in [0.2, 0.25) is 5.02 Å². The van der Waals surface area contributed by atoms with Crippen molar-refractivity contribution in [3.63, 3.8) is 0 Å². The first-order valence-corrected chi connectivity index (χ1v) is 9.68. The number of benzene rings is 1. The molecule has 1 aromatic carbocycles. The molecule has 1 aliphatic carbocycles. The van der Waals surface area contributed by atoms with Crippen LogP contribution in [0.1, 0.15) is 44.1 Å². The average molecular weight is 363 g/mol. The summed E-state index contributed by atoms with van der Waals surface area (Å²) < 4.78 is 0.